The van der Waals surface area contributed by atoms with Gasteiger partial charge < -0.3 is 69.0 Å². The van der Waals surface area contributed by atoms with Crippen molar-refractivity contribution in [2.75, 3.05) is 13.7 Å². The van der Waals surface area contributed by atoms with Gasteiger partial charge in [0.25, 0.3) is 0 Å². The number of hydrogen-bond donors (Lipinski definition) is 8. The van der Waals surface area contributed by atoms with E-state index in [1.54, 1.807) is 0 Å². The molecule has 2 aromatic carbocycles. The highest BCUT2D eigenvalue weighted by molar-refractivity contribution is 5.83. The van der Waals surface area contributed by atoms with Gasteiger partial charge in [-0.3, -0.25) is 4.79 Å². The number of aromatic hydroxyl groups is 2. The van der Waals surface area contributed by atoms with E-state index in [0.29, 0.717) is 0 Å². The van der Waals surface area contributed by atoms with Crippen molar-refractivity contribution < 1.29 is 69.0 Å². The fourth-order valence-electron chi connectivity index (χ4n) is 4.89. The minimum absolute atomic E-state index is 0.00800. The number of rotatable bonds is 7. The summed E-state index contributed by atoms with van der Waals surface area (Å²) >= 11 is 0. The van der Waals surface area contributed by atoms with Crippen LogP contribution in [0.3, 0.4) is 0 Å². The summed E-state index contributed by atoms with van der Waals surface area (Å²) in [5, 5.41) is 82.0. The summed E-state index contributed by atoms with van der Waals surface area (Å²) < 4.78 is 33.4. The summed E-state index contributed by atoms with van der Waals surface area (Å²) in [5.41, 5.74) is -0.567. The molecule has 1 aromatic heterocycles. The molecule has 15 heteroatoms. The van der Waals surface area contributed by atoms with Crippen molar-refractivity contribution in [2.45, 2.75) is 68.3 Å². The highest BCUT2D eigenvalue weighted by Crippen LogP contribution is 2.38. The predicted molar refractivity (Wildman–Crippen MR) is 143 cm³/mol. The summed E-state index contributed by atoms with van der Waals surface area (Å²) in [4.78, 5) is 13.6. The Bertz CT molecular complexity index is 1510. The van der Waals surface area contributed by atoms with Crippen LogP contribution in [-0.4, -0.2) is 116 Å². The summed E-state index contributed by atoms with van der Waals surface area (Å²) in [7, 11) is 1.31. The summed E-state index contributed by atoms with van der Waals surface area (Å²) in [6, 6.07) is 7.78. The molecule has 0 amide bonds. The Hall–Kier alpha value is -3.51. The highest BCUT2D eigenvalue weighted by Gasteiger charge is 2.47. The molecule has 0 radical (unpaired) electrons. The Kier molecular flexibility index (Phi) is 8.80. The molecular weight excluding hydrogens is 576 g/mol. The van der Waals surface area contributed by atoms with Crippen LogP contribution in [0, 0.1) is 0 Å². The number of ether oxygens (including phenoxy) is 5. The molecule has 10 atom stereocenters. The molecule has 8 N–H and O–H groups in total. The summed E-state index contributed by atoms with van der Waals surface area (Å²) in [5.74, 6) is -1.04. The SMILES string of the molecule is COc1cc(-c2oc3cc(O)ccc3c(=O)c2OC2OC(COC3OC(C)C(O)C(O)C3O)C(O)C(O)C2O)ccc1O. The predicted octanol–water partition coefficient (Wildman–Crippen LogP) is -1.09. The van der Waals surface area contributed by atoms with Crippen molar-refractivity contribution >= 4 is 11.0 Å². The lowest BCUT2D eigenvalue weighted by Gasteiger charge is -2.42. The molecule has 15 nitrogen and oxygen atoms in total. The van der Waals surface area contributed by atoms with Gasteiger partial charge in [-0.2, -0.15) is 0 Å². The van der Waals surface area contributed by atoms with E-state index in [-0.39, 0.29) is 39.5 Å². The zero-order valence-electron chi connectivity index (χ0n) is 22.9. The third kappa shape index (κ3) is 5.86. The van der Waals surface area contributed by atoms with Crippen LogP contribution in [0.1, 0.15) is 6.92 Å². The van der Waals surface area contributed by atoms with Crippen LogP contribution in [0.2, 0.25) is 0 Å². The molecule has 0 spiro atoms. The lowest BCUT2D eigenvalue weighted by Crippen LogP contribution is -2.61. The van der Waals surface area contributed by atoms with Crippen LogP contribution in [0.15, 0.2) is 45.6 Å². The maximum atomic E-state index is 13.6. The summed E-state index contributed by atoms with van der Waals surface area (Å²) in [6.07, 6.45) is -15.6. The highest BCUT2D eigenvalue weighted by atomic mass is 16.7. The second-order valence-electron chi connectivity index (χ2n) is 10.3. The number of phenolic OH excluding ortho intramolecular Hbond substituents is 2. The quantitative estimate of drug-likeness (QED) is 0.159. The second-order valence-corrected chi connectivity index (χ2v) is 10.3. The standard InChI is InChI=1S/C28H32O15/c1-10-18(31)21(34)23(36)27(40-10)39-9-17-20(33)22(35)24(37)28(42-17)43-26-19(32)13-5-4-12(29)8-15(13)41-25(26)11-3-6-14(30)16(7-11)38-2/h3-8,10,17-18,20-24,27-31,33-37H,9H2,1-2H3. The van der Waals surface area contributed by atoms with Gasteiger partial charge in [0.1, 0.15) is 54.1 Å². The molecule has 43 heavy (non-hydrogen) atoms. The maximum Gasteiger partial charge on any atom is 0.235 e. The van der Waals surface area contributed by atoms with Gasteiger partial charge in [-0.1, -0.05) is 0 Å². The first-order valence-electron chi connectivity index (χ1n) is 13.3. The molecule has 0 saturated carbocycles. The summed E-state index contributed by atoms with van der Waals surface area (Å²) in [6.45, 7) is 0.902. The molecule has 234 valence electrons. The van der Waals surface area contributed by atoms with Crippen molar-refractivity contribution in [3.8, 4) is 34.3 Å². The van der Waals surface area contributed by atoms with Crippen LogP contribution in [0.4, 0.5) is 0 Å². The van der Waals surface area contributed by atoms with E-state index in [0.717, 1.165) is 0 Å². The fraction of sp³-hybridized carbons (Fsp3) is 0.464. The van der Waals surface area contributed by atoms with E-state index < -0.39 is 79.2 Å². The Morgan fingerprint density at radius 2 is 1.51 bits per heavy atom. The van der Waals surface area contributed by atoms with Crippen LogP contribution < -0.4 is 14.9 Å². The smallest absolute Gasteiger partial charge is 0.235 e. The van der Waals surface area contributed by atoms with Gasteiger partial charge in [-0.25, -0.2) is 0 Å². The minimum atomic E-state index is -1.88. The molecule has 2 saturated heterocycles. The van der Waals surface area contributed by atoms with E-state index in [9.17, 15) is 45.6 Å². The Morgan fingerprint density at radius 3 is 2.23 bits per heavy atom. The number of phenols is 2. The molecule has 2 aliphatic heterocycles. The third-order valence-corrected chi connectivity index (χ3v) is 7.41. The van der Waals surface area contributed by atoms with E-state index >= 15 is 0 Å². The van der Waals surface area contributed by atoms with E-state index in [1.165, 1.54) is 50.4 Å². The van der Waals surface area contributed by atoms with Gasteiger partial charge in [0, 0.05) is 11.6 Å². The van der Waals surface area contributed by atoms with E-state index in [2.05, 4.69) is 0 Å². The average Bonchev–Trinajstić information content (AvgIpc) is 2.99. The van der Waals surface area contributed by atoms with Gasteiger partial charge in [0.15, 0.2) is 23.5 Å². The lowest BCUT2D eigenvalue weighted by molar-refractivity contribution is -0.318. The molecule has 3 aromatic rings. The van der Waals surface area contributed by atoms with Crippen LogP contribution in [0.5, 0.6) is 23.0 Å². The van der Waals surface area contributed by atoms with Gasteiger partial charge >= 0.3 is 0 Å². The molecule has 5 rings (SSSR count). The Morgan fingerprint density at radius 1 is 0.814 bits per heavy atom. The zero-order chi connectivity index (χ0) is 31.2. The monoisotopic (exact) mass is 608 g/mol. The molecule has 2 fully saturated rings. The third-order valence-electron chi connectivity index (χ3n) is 7.41. The number of hydrogen-bond acceptors (Lipinski definition) is 15. The van der Waals surface area contributed by atoms with Crippen molar-refractivity contribution in [3.63, 3.8) is 0 Å². The minimum Gasteiger partial charge on any atom is -0.508 e. The second kappa shape index (κ2) is 12.2. The number of aliphatic hydroxyl groups is 6. The van der Waals surface area contributed by atoms with Crippen molar-refractivity contribution in [1.82, 2.24) is 0 Å². The van der Waals surface area contributed by atoms with Gasteiger partial charge in [0.2, 0.25) is 17.5 Å². The number of methoxy groups -OCH3 is 1. The molecule has 3 heterocycles. The number of fused-ring (bicyclic) bond motifs is 1. The Labute approximate surface area is 243 Å². The van der Waals surface area contributed by atoms with Crippen molar-refractivity contribution in [1.29, 1.82) is 0 Å². The zero-order valence-corrected chi connectivity index (χ0v) is 22.9. The normalized spacial score (nSPS) is 32.9. The first kappa shape index (κ1) is 30.9. The largest absolute Gasteiger partial charge is 0.508 e. The average molecular weight is 609 g/mol. The number of benzene rings is 2. The molecule has 10 unspecified atom stereocenters. The van der Waals surface area contributed by atoms with Crippen LogP contribution >= 0.6 is 0 Å². The Balaban J connectivity index is 1.46. The van der Waals surface area contributed by atoms with Gasteiger partial charge in [-0.15, -0.1) is 0 Å². The molecular formula is C28H32O15. The lowest BCUT2D eigenvalue weighted by atomic mass is 9.98. The van der Waals surface area contributed by atoms with Crippen molar-refractivity contribution in [3.05, 3.63) is 46.6 Å². The van der Waals surface area contributed by atoms with Gasteiger partial charge in [0.05, 0.1) is 25.2 Å². The molecule has 0 bridgehead atoms. The van der Waals surface area contributed by atoms with Gasteiger partial charge in [-0.05, 0) is 37.3 Å². The van der Waals surface area contributed by atoms with Crippen LogP contribution in [0.25, 0.3) is 22.3 Å². The van der Waals surface area contributed by atoms with Crippen molar-refractivity contribution in [2.24, 2.45) is 0 Å². The molecule has 2 aliphatic rings. The topological polar surface area (TPSA) is 238 Å². The first-order chi connectivity index (χ1) is 20.4. The maximum absolute atomic E-state index is 13.6. The van der Waals surface area contributed by atoms with E-state index in [4.69, 9.17) is 28.1 Å². The fourth-order valence-corrected chi connectivity index (χ4v) is 4.89. The van der Waals surface area contributed by atoms with E-state index in [1.807, 2.05) is 0 Å². The van der Waals surface area contributed by atoms with Crippen LogP contribution in [-0.2, 0) is 14.2 Å². The molecule has 0 aliphatic carbocycles. The first-order valence-corrected chi connectivity index (χ1v) is 13.3. The number of aliphatic hydroxyl groups excluding tert-OH is 6.